The van der Waals surface area contributed by atoms with Gasteiger partial charge in [-0.15, -0.1) is 0 Å². The van der Waals surface area contributed by atoms with Gasteiger partial charge in [0, 0.05) is 7.11 Å². The van der Waals surface area contributed by atoms with Gasteiger partial charge in [-0.3, -0.25) is 5.32 Å². The first-order valence-electron chi connectivity index (χ1n) is 10.5. The molecule has 158 valence electrons. The number of esters is 1. The molecule has 0 heterocycles. The number of methoxy groups -OCH3 is 1. The zero-order chi connectivity index (χ0) is 20.9. The summed E-state index contributed by atoms with van der Waals surface area (Å²) in [5.74, 6) is -0.626. The van der Waals surface area contributed by atoms with E-state index in [1.807, 2.05) is 30.3 Å². The molecule has 4 rings (SSSR count). The number of aryl methyl sites for hydroxylation is 2. The SMILES string of the molecule is COC[C@@H](OC(=O)Nc1c2c(cc3c1CCC3)CCC2)C(=O)OCc1ccccc1. The van der Waals surface area contributed by atoms with Crippen molar-refractivity contribution in [3.8, 4) is 0 Å². The number of benzene rings is 2. The fraction of sp³-hybridized carbons (Fsp3) is 0.417. The van der Waals surface area contributed by atoms with Gasteiger partial charge in [-0.05, 0) is 66.3 Å². The molecule has 2 aliphatic rings. The van der Waals surface area contributed by atoms with E-state index >= 15 is 0 Å². The van der Waals surface area contributed by atoms with E-state index in [9.17, 15) is 9.59 Å². The molecule has 0 saturated carbocycles. The molecule has 0 bridgehead atoms. The van der Waals surface area contributed by atoms with Gasteiger partial charge in [0.15, 0.2) is 0 Å². The van der Waals surface area contributed by atoms with Crippen molar-refractivity contribution < 1.29 is 23.8 Å². The molecule has 1 amide bonds. The number of nitrogens with one attached hydrogen (secondary N) is 1. The van der Waals surface area contributed by atoms with E-state index in [0.717, 1.165) is 49.8 Å². The summed E-state index contributed by atoms with van der Waals surface area (Å²) in [6.07, 6.45) is 4.43. The monoisotopic (exact) mass is 409 g/mol. The third-order valence-corrected chi connectivity index (χ3v) is 5.75. The lowest BCUT2D eigenvalue weighted by molar-refractivity contribution is -0.157. The Kier molecular flexibility index (Phi) is 6.33. The normalized spacial score (nSPS) is 15.2. The van der Waals surface area contributed by atoms with Gasteiger partial charge in [-0.25, -0.2) is 9.59 Å². The molecular weight excluding hydrogens is 382 g/mol. The number of anilines is 1. The summed E-state index contributed by atoms with van der Waals surface area (Å²) in [7, 11) is 1.45. The second kappa shape index (κ2) is 9.30. The average Bonchev–Trinajstić information content (AvgIpc) is 3.41. The van der Waals surface area contributed by atoms with Crippen LogP contribution in [-0.2, 0) is 51.3 Å². The highest BCUT2D eigenvalue weighted by atomic mass is 16.6. The van der Waals surface area contributed by atoms with Crippen LogP contribution in [0.3, 0.4) is 0 Å². The molecule has 1 atom stereocenters. The van der Waals surface area contributed by atoms with E-state index in [1.54, 1.807) is 0 Å². The van der Waals surface area contributed by atoms with Crippen molar-refractivity contribution in [2.24, 2.45) is 0 Å². The maximum Gasteiger partial charge on any atom is 0.412 e. The van der Waals surface area contributed by atoms with Crippen LogP contribution in [0.5, 0.6) is 0 Å². The number of amides is 1. The Balaban J connectivity index is 1.42. The van der Waals surface area contributed by atoms with Crippen molar-refractivity contribution >= 4 is 17.7 Å². The number of fused-ring (bicyclic) bond motifs is 2. The highest BCUT2D eigenvalue weighted by molar-refractivity contribution is 5.90. The van der Waals surface area contributed by atoms with Crippen LogP contribution in [0.25, 0.3) is 0 Å². The largest absolute Gasteiger partial charge is 0.458 e. The Morgan fingerprint density at radius 3 is 2.30 bits per heavy atom. The van der Waals surface area contributed by atoms with Crippen molar-refractivity contribution in [2.45, 2.75) is 51.2 Å². The number of carbonyl (C=O) groups excluding carboxylic acids is 2. The van der Waals surface area contributed by atoms with Gasteiger partial charge >= 0.3 is 12.1 Å². The number of rotatable bonds is 7. The summed E-state index contributed by atoms with van der Waals surface area (Å²) in [6.45, 7) is 0.0522. The van der Waals surface area contributed by atoms with Gasteiger partial charge in [0.2, 0.25) is 6.10 Å². The third kappa shape index (κ3) is 4.49. The first-order chi connectivity index (χ1) is 14.7. The standard InChI is InChI=1S/C24H27NO5/c1-28-15-21(23(26)29-14-16-7-3-2-4-8-16)30-24(27)25-22-19-11-5-9-17(19)13-18-10-6-12-20(18)22/h2-4,7-8,13,21H,5-6,9-12,14-15H2,1H3,(H,25,27)/t21-/m1/s1. The number of hydrogen-bond acceptors (Lipinski definition) is 5. The van der Waals surface area contributed by atoms with Gasteiger partial charge in [-0.1, -0.05) is 36.4 Å². The van der Waals surface area contributed by atoms with Crippen LogP contribution in [0.15, 0.2) is 36.4 Å². The zero-order valence-corrected chi connectivity index (χ0v) is 17.2. The molecule has 1 N–H and O–H groups in total. The van der Waals surface area contributed by atoms with Crippen molar-refractivity contribution in [1.29, 1.82) is 0 Å². The topological polar surface area (TPSA) is 73.9 Å². The molecule has 0 spiro atoms. The van der Waals surface area contributed by atoms with Gasteiger partial charge in [-0.2, -0.15) is 0 Å². The molecule has 2 aromatic carbocycles. The van der Waals surface area contributed by atoms with Crippen LogP contribution in [0.2, 0.25) is 0 Å². The van der Waals surface area contributed by atoms with E-state index in [2.05, 4.69) is 11.4 Å². The lowest BCUT2D eigenvalue weighted by atomic mass is 9.99. The molecule has 0 saturated heterocycles. The molecule has 0 unspecified atom stereocenters. The fourth-order valence-corrected chi connectivity index (χ4v) is 4.35. The predicted molar refractivity (Wildman–Crippen MR) is 112 cm³/mol. The summed E-state index contributed by atoms with van der Waals surface area (Å²) < 4.78 is 15.8. The molecule has 0 fully saturated rings. The Morgan fingerprint density at radius 1 is 1.00 bits per heavy atom. The Morgan fingerprint density at radius 2 is 1.67 bits per heavy atom. The molecule has 6 heteroatoms. The quantitative estimate of drug-likeness (QED) is 0.701. The van der Waals surface area contributed by atoms with Crippen molar-refractivity contribution in [3.05, 3.63) is 64.2 Å². The van der Waals surface area contributed by atoms with Crippen molar-refractivity contribution in [1.82, 2.24) is 0 Å². The van der Waals surface area contributed by atoms with Gasteiger partial charge in [0.25, 0.3) is 0 Å². The second-order valence-corrected chi connectivity index (χ2v) is 7.80. The molecule has 6 nitrogen and oxygen atoms in total. The highest BCUT2D eigenvalue weighted by Gasteiger charge is 2.28. The van der Waals surface area contributed by atoms with Gasteiger partial charge in [0.05, 0.1) is 12.3 Å². The zero-order valence-electron chi connectivity index (χ0n) is 17.2. The smallest absolute Gasteiger partial charge is 0.412 e. The molecule has 30 heavy (non-hydrogen) atoms. The Hall–Kier alpha value is -2.86. The van der Waals surface area contributed by atoms with Crippen LogP contribution in [0, 0.1) is 0 Å². The first-order valence-corrected chi connectivity index (χ1v) is 10.5. The Labute approximate surface area is 176 Å². The van der Waals surface area contributed by atoms with E-state index < -0.39 is 18.2 Å². The molecule has 0 aromatic heterocycles. The van der Waals surface area contributed by atoms with E-state index in [4.69, 9.17) is 14.2 Å². The molecule has 0 aliphatic heterocycles. The first kappa shape index (κ1) is 20.4. The lowest BCUT2D eigenvalue weighted by Gasteiger charge is -2.19. The van der Waals surface area contributed by atoms with Gasteiger partial charge < -0.3 is 14.2 Å². The number of hydrogen-bond donors (Lipinski definition) is 1. The molecule has 0 radical (unpaired) electrons. The fourth-order valence-electron chi connectivity index (χ4n) is 4.35. The molecule has 2 aromatic rings. The predicted octanol–water partition coefficient (Wildman–Crippen LogP) is 3.97. The van der Waals surface area contributed by atoms with E-state index in [-0.39, 0.29) is 13.2 Å². The summed E-state index contributed by atoms with van der Waals surface area (Å²) in [5.41, 5.74) is 6.81. The van der Waals surface area contributed by atoms with Gasteiger partial charge in [0.1, 0.15) is 6.61 Å². The maximum atomic E-state index is 12.7. The van der Waals surface area contributed by atoms with Crippen LogP contribution in [0.4, 0.5) is 10.5 Å². The van der Waals surface area contributed by atoms with Crippen molar-refractivity contribution in [2.75, 3.05) is 19.0 Å². The minimum atomic E-state index is -1.12. The van der Waals surface area contributed by atoms with Crippen LogP contribution in [-0.4, -0.2) is 31.9 Å². The minimum Gasteiger partial charge on any atom is -0.458 e. The van der Waals surface area contributed by atoms with E-state index in [0.29, 0.717) is 0 Å². The number of carbonyl (C=O) groups is 2. The minimum absolute atomic E-state index is 0.0634. The van der Waals surface area contributed by atoms with Crippen molar-refractivity contribution in [3.63, 3.8) is 0 Å². The molecule has 2 aliphatic carbocycles. The summed E-state index contributed by atoms with van der Waals surface area (Å²) in [5, 5.41) is 2.94. The van der Waals surface area contributed by atoms with E-state index in [1.165, 1.54) is 29.4 Å². The van der Waals surface area contributed by atoms with Crippen LogP contribution < -0.4 is 5.32 Å². The highest BCUT2D eigenvalue weighted by Crippen LogP contribution is 2.38. The van der Waals surface area contributed by atoms with Crippen LogP contribution >= 0.6 is 0 Å². The third-order valence-electron chi connectivity index (χ3n) is 5.75. The Bertz CT molecular complexity index is 893. The second-order valence-electron chi connectivity index (χ2n) is 7.80. The maximum absolute atomic E-state index is 12.7. The lowest BCUT2D eigenvalue weighted by Crippen LogP contribution is -2.35. The molecular formula is C24H27NO5. The number of ether oxygens (including phenoxy) is 3. The summed E-state index contributed by atoms with van der Waals surface area (Å²) >= 11 is 0. The van der Waals surface area contributed by atoms with Crippen LogP contribution in [0.1, 0.15) is 40.7 Å². The summed E-state index contributed by atoms with van der Waals surface area (Å²) in [4.78, 5) is 25.1. The average molecular weight is 409 g/mol. The summed E-state index contributed by atoms with van der Waals surface area (Å²) in [6, 6.07) is 11.7.